The quantitative estimate of drug-likeness (QED) is 0.700. The van der Waals surface area contributed by atoms with Crippen molar-refractivity contribution in [2.24, 2.45) is 0 Å². The van der Waals surface area contributed by atoms with Crippen LogP contribution in [0.3, 0.4) is 0 Å². The maximum absolute atomic E-state index is 12.5. The number of hydrogen-bond donors (Lipinski definition) is 2. The number of aromatic nitrogens is 1. The molecule has 0 fully saturated rings. The van der Waals surface area contributed by atoms with Crippen LogP contribution in [0.1, 0.15) is 29.9 Å². The average Bonchev–Trinajstić information content (AvgIpc) is 3.21. The van der Waals surface area contributed by atoms with Gasteiger partial charge in [-0.05, 0) is 61.9 Å². The van der Waals surface area contributed by atoms with Gasteiger partial charge in [0.1, 0.15) is 0 Å². The molecule has 0 unspecified atom stereocenters. The van der Waals surface area contributed by atoms with Crippen LogP contribution < -0.4 is 10.6 Å². The van der Waals surface area contributed by atoms with Crippen molar-refractivity contribution in [2.45, 2.75) is 19.3 Å². The highest BCUT2D eigenvalue weighted by Crippen LogP contribution is 2.38. The van der Waals surface area contributed by atoms with Crippen molar-refractivity contribution in [3.05, 3.63) is 64.8 Å². The Labute approximate surface area is 160 Å². The smallest absolute Gasteiger partial charge is 0.277 e. The van der Waals surface area contributed by atoms with E-state index in [4.69, 9.17) is 16.1 Å². The molecule has 27 heavy (non-hydrogen) atoms. The zero-order chi connectivity index (χ0) is 19.2. The van der Waals surface area contributed by atoms with Gasteiger partial charge >= 0.3 is 0 Å². The van der Waals surface area contributed by atoms with Gasteiger partial charge in [-0.3, -0.25) is 9.59 Å². The Kier molecular flexibility index (Phi) is 4.00. The van der Waals surface area contributed by atoms with E-state index in [1.54, 1.807) is 48.5 Å². The van der Waals surface area contributed by atoms with Crippen molar-refractivity contribution in [1.82, 2.24) is 5.16 Å². The number of nitrogens with zero attached hydrogens (tertiary/aromatic N) is 1. The Morgan fingerprint density at radius 1 is 1.15 bits per heavy atom. The number of nitrogens with one attached hydrogen (secondary N) is 2. The van der Waals surface area contributed by atoms with Crippen LogP contribution >= 0.6 is 11.6 Å². The first-order valence-electron chi connectivity index (χ1n) is 8.34. The average molecular weight is 382 g/mol. The fraction of sp³-hybridized carbons (Fsp3) is 0.150. The van der Waals surface area contributed by atoms with Gasteiger partial charge in [-0.25, -0.2) is 0 Å². The summed E-state index contributed by atoms with van der Waals surface area (Å²) in [5.74, 6) is 0.0146. The molecular weight excluding hydrogens is 366 g/mol. The molecule has 0 saturated carbocycles. The first-order valence-corrected chi connectivity index (χ1v) is 8.72. The van der Waals surface area contributed by atoms with Gasteiger partial charge in [0, 0.05) is 28.0 Å². The lowest BCUT2D eigenvalue weighted by Gasteiger charge is -2.15. The first-order chi connectivity index (χ1) is 12.8. The summed E-state index contributed by atoms with van der Waals surface area (Å²) < 4.78 is 5.26. The van der Waals surface area contributed by atoms with E-state index in [0.29, 0.717) is 16.5 Å². The zero-order valence-corrected chi connectivity index (χ0v) is 15.4. The third-order valence-corrected chi connectivity index (χ3v) is 4.89. The predicted molar refractivity (Wildman–Crippen MR) is 103 cm³/mol. The minimum absolute atomic E-state index is 0.0647. The monoisotopic (exact) mass is 381 g/mol. The summed E-state index contributed by atoms with van der Waals surface area (Å²) in [4.78, 5) is 24.5. The number of amides is 2. The normalized spacial score (nSPS) is 14.6. The predicted octanol–water partition coefficient (Wildman–Crippen LogP) is 4.48. The largest absolute Gasteiger partial charge is 0.355 e. The Hall–Kier alpha value is -3.12. The van der Waals surface area contributed by atoms with Crippen molar-refractivity contribution in [3.63, 3.8) is 0 Å². The molecule has 7 heteroatoms. The molecule has 2 N–H and O–H groups in total. The molecule has 0 saturated heterocycles. The molecule has 2 amide bonds. The molecule has 2 heterocycles. The van der Waals surface area contributed by atoms with E-state index in [0.717, 1.165) is 16.8 Å². The maximum atomic E-state index is 12.5. The number of carbonyl (C=O) groups excluding carboxylic acids is 2. The van der Waals surface area contributed by atoms with Gasteiger partial charge in [0.25, 0.3) is 5.91 Å². The summed E-state index contributed by atoms with van der Waals surface area (Å²) in [7, 11) is 0. The molecule has 136 valence electrons. The fourth-order valence-electron chi connectivity index (χ4n) is 2.98. The van der Waals surface area contributed by atoms with Crippen LogP contribution in [-0.2, 0) is 10.2 Å². The summed E-state index contributed by atoms with van der Waals surface area (Å²) in [6, 6.07) is 13.9. The molecule has 1 aromatic heterocycles. The topological polar surface area (TPSA) is 84.2 Å². The third-order valence-electron chi connectivity index (χ3n) is 4.64. The number of halogens is 1. The van der Waals surface area contributed by atoms with Crippen LogP contribution in [0, 0.1) is 0 Å². The van der Waals surface area contributed by atoms with E-state index < -0.39 is 11.3 Å². The van der Waals surface area contributed by atoms with E-state index in [2.05, 4.69) is 15.8 Å². The minimum Gasteiger partial charge on any atom is -0.355 e. The van der Waals surface area contributed by atoms with E-state index in [9.17, 15) is 9.59 Å². The lowest BCUT2D eigenvalue weighted by molar-refractivity contribution is -0.119. The molecule has 6 nitrogen and oxygen atoms in total. The lowest BCUT2D eigenvalue weighted by atomic mass is 9.86. The van der Waals surface area contributed by atoms with Gasteiger partial charge in [0.05, 0.1) is 5.41 Å². The number of anilines is 2. The van der Waals surface area contributed by atoms with Crippen LogP contribution in [0.4, 0.5) is 11.4 Å². The van der Waals surface area contributed by atoms with E-state index >= 15 is 0 Å². The van der Waals surface area contributed by atoms with Gasteiger partial charge in [0.2, 0.25) is 5.91 Å². The standard InChI is InChI=1S/C20H16ClN3O3/c1-20(2)14-9-13(7-8-15(14)23-19(20)26)22-18(25)16-10-17(27-24-16)11-3-5-12(21)6-4-11/h3-10H,1-2H3,(H,22,25)(H,23,26). The summed E-state index contributed by atoms with van der Waals surface area (Å²) >= 11 is 5.88. The summed E-state index contributed by atoms with van der Waals surface area (Å²) in [5.41, 5.74) is 2.47. The molecule has 0 bridgehead atoms. The van der Waals surface area contributed by atoms with Gasteiger partial charge in [-0.2, -0.15) is 0 Å². The molecule has 0 aliphatic carbocycles. The van der Waals surface area contributed by atoms with Crippen LogP contribution in [0.2, 0.25) is 5.02 Å². The SMILES string of the molecule is CC1(C)C(=O)Nc2ccc(NC(=O)c3cc(-c4ccc(Cl)cc4)on3)cc21. The van der Waals surface area contributed by atoms with Crippen molar-refractivity contribution in [2.75, 3.05) is 10.6 Å². The van der Waals surface area contributed by atoms with Crippen molar-refractivity contribution in [1.29, 1.82) is 0 Å². The summed E-state index contributed by atoms with van der Waals surface area (Å²) in [6.07, 6.45) is 0. The highest BCUT2D eigenvalue weighted by atomic mass is 35.5. The van der Waals surface area contributed by atoms with E-state index in [1.165, 1.54) is 0 Å². The second-order valence-corrected chi connectivity index (χ2v) is 7.31. The van der Waals surface area contributed by atoms with Gasteiger partial charge in [-0.1, -0.05) is 16.8 Å². The van der Waals surface area contributed by atoms with Gasteiger partial charge < -0.3 is 15.2 Å². The van der Waals surface area contributed by atoms with Crippen LogP contribution in [0.5, 0.6) is 0 Å². The summed E-state index contributed by atoms with van der Waals surface area (Å²) in [6.45, 7) is 3.69. The molecule has 0 spiro atoms. The molecule has 3 aromatic rings. The molecule has 0 atom stereocenters. The number of hydrogen-bond acceptors (Lipinski definition) is 4. The van der Waals surface area contributed by atoms with Crippen LogP contribution in [0.15, 0.2) is 53.1 Å². The van der Waals surface area contributed by atoms with Crippen LogP contribution in [-0.4, -0.2) is 17.0 Å². The fourth-order valence-corrected chi connectivity index (χ4v) is 3.10. The molecule has 2 aromatic carbocycles. The molecule has 1 aliphatic rings. The zero-order valence-electron chi connectivity index (χ0n) is 14.7. The van der Waals surface area contributed by atoms with E-state index in [1.807, 2.05) is 13.8 Å². The lowest BCUT2D eigenvalue weighted by Crippen LogP contribution is -2.26. The number of carbonyl (C=O) groups is 2. The number of rotatable bonds is 3. The third kappa shape index (κ3) is 3.08. The minimum atomic E-state index is -0.647. The van der Waals surface area contributed by atoms with Gasteiger partial charge in [0.15, 0.2) is 11.5 Å². The first kappa shape index (κ1) is 17.3. The highest BCUT2D eigenvalue weighted by molar-refractivity contribution is 6.30. The van der Waals surface area contributed by atoms with Crippen molar-refractivity contribution >= 4 is 34.8 Å². The Bertz CT molecular complexity index is 1050. The maximum Gasteiger partial charge on any atom is 0.277 e. The Morgan fingerprint density at radius 3 is 2.63 bits per heavy atom. The Morgan fingerprint density at radius 2 is 1.89 bits per heavy atom. The second-order valence-electron chi connectivity index (χ2n) is 6.88. The summed E-state index contributed by atoms with van der Waals surface area (Å²) in [5, 5.41) is 10.1. The molecule has 4 rings (SSSR count). The molecular formula is C20H16ClN3O3. The molecule has 0 radical (unpaired) electrons. The Balaban J connectivity index is 1.55. The van der Waals surface area contributed by atoms with Gasteiger partial charge in [-0.15, -0.1) is 0 Å². The highest BCUT2D eigenvalue weighted by Gasteiger charge is 2.38. The van der Waals surface area contributed by atoms with Crippen molar-refractivity contribution in [3.8, 4) is 11.3 Å². The van der Waals surface area contributed by atoms with E-state index in [-0.39, 0.29) is 11.6 Å². The number of fused-ring (bicyclic) bond motifs is 1. The molecule has 1 aliphatic heterocycles. The second kappa shape index (κ2) is 6.25. The number of benzene rings is 2. The van der Waals surface area contributed by atoms with Crippen LogP contribution in [0.25, 0.3) is 11.3 Å². The van der Waals surface area contributed by atoms with Crippen molar-refractivity contribution < 1.29 is 14.1 Å².